The summed E-state index contributed by atoms with van der Waals surface area (Å²) < 4.78 is 0. The van der Waals surface area contributed by atoms with Gasteiger partial charge < -0.3 is 4.79 Å². The van der Waals surface area contributed by atoms with Gasteiger partial charge in [-0.1, -0.05) is 54.8 Å². The van der Waals surface area contributed by atoms with Gasteiger partial charge in [-0.3, -0.25) is 0 Å². The van der Waals surface area contributed by atoms with E-state index in [2.05, 4.69) is 48.5 Å². The van der Waals surface area contributed by atoms with Crippen molar-refractivity contribution < 1.29 is 4.79 Å². The fraction of sp³-hybridized carbons (Fsp3) is 0.923. The Morgan fingerprint density at radius 1 is 1.13 bits per heavy atom. The van der Waals surface area contributed by atoms with E-state index in [9.17, 15) is 4.79 Å². The lowest BCUT2D eigenvalue weighted by Gasteiger charge is -2.34. The molecule has 1 atom stereocenters. The molecule has 88 valence electrons. The van der Waals surface area contributed by atoms with Crippen molar-refractivity contribution in [2.45, 2.75) is 61.2 Å². The van der Waals surface area contributed by atoms with Crippen molar-refractivity contribution in [1.29, 1.82) is 0 Å². The van der Waals surface area contributed by atoms with Crippen molar-refractivity contribution in [3.8, 4) is 0 Å². The lowest BCUT2D eigenvalue weighted by molar-refractivity contribution is -0.119. The molecule has 0 aliphatic carbocycles. The summed E-state index contributed by atoms with van der Waals surface area (Å²) in [6.07, 6.45) is 1.96. The van der Waals surface area contributed by atoms with Gasteiger partial charge in [-0.2, -0.15) is 0 Å². The second kappa shape index (κ2) is 5.18. The van der Waals surface area contributed by atoms with Crippen LogP contribution in [-0.4, -0.2) is 13.0 Å². The predicted molar refractivity (Wildman–Crippen MR) is 69.7 cm³/mol. The molecule has 0 fully saturated rings. The molecule has 0 rings (SSSR count). The van der Waals surface area contributed by atoms with E-state index in [0.29, 0.717) is 5.68 Å². The minimum absolute atomic E-state index is 0.0968. The Bertz CT molecular complexity index is 208. The minimum atomic E-state index is 0.0968. The molecule has 2 heteroatoms. The average molecular weight is 210 g/mol. The Morgan fingerprint density at radius 3 is 1.87 bits per heavy atom. The Hall–Kier alpha value is -0.265. The van der Waals surface area contributed by atoms with Gasteiger partial charge in [0, 0.05) is 5.92 Å². The van der Waals surface area contributed by atoms with Gasteiger partial charge in [0.25, 0.3) is 0 Å². The van der Waals surface area contributed by atoms with Gasteiger partial charge >= 0.3 is 0 Å². The summed E-state index contributed by atoms with van der Waals surface area (Å²) in [5, 5.41) is 0. The maximum Gasteiger partial charge on any atom is 0.205 e. The molecule has 0 amide bonds. The molecule has 15 heavy (non-hydrogen) atoms. The maximum atomic E-state index is 12.1. The summed E-state index contributed by atoms with van der Waals surface area (Å²) in [5.41, 5.74) is 0.779. The molecule has 1 unspecified atom stereocenters. The predicted octanol–water partition coefficient (Wildman–Crippen LogP) is 3.49. The average Bonchev–Trinajstić information content (AvgIpc) is 1.97. The maximum absolute atomic E-state index is 12.1. The van der Waals surface area contributed by atoms with Crippen LogP contribution in [-0.2, 0) is 4.79 Å². The highest BCUT2D eigenvalue weighted by atomic mass is 16.1. The van der Waals surface area contributed by atoms with Crippen molar-refractivity contribution in [3.63, 3.8) is 0 Å². The molecule has 0 bridgehead atoms. The SMILES string of the molecule is CCBC(=O)C(CC(C)(C)C)C(C)(C)C. The van der Waals surface area contributed by atoms with Crippen LogP contribution in [0.1, 0.15) is 54.9 Å². The number of rotatable bonds is 4. The molecule has 0 aromatic rings. The topological polar surface area (TPSA) is 17.1 Å². The molecule has 0 spiro atoms. The zero-order chi connectivity index (χ0) is 12.3. The highest BCUT2D eigenvalue weighted by Gasteiger charge is 2.33. The van der Waals surface area contributed by atoms with Crippen molar-refractivity contribution >= 4 is 13.0 Å². The first-order valence-corrected chi connectivity index (χ1v) is 6.10. The van der Waals surface area contributed by atoms with Crippen LogP contribution >= 0.6 is 0 Å². The third-order valence-electron chi connectivity index (χ3n) is 2.75. The highest BCUT2D eigenvalue weighted by molar-refractivity contribution is 6.74. The van der Waals surface area contributed by atoms with Crippen LogP contribution in [0.5, 0.6) is 0 Å². The molecular weight excluding hydrogens is 183 g/mol. The monoisotopic (exact) mass is 210 g/mol. The van der Waals surface area contributed by atoms with E-state index >= 15 is 0 Å². The summed E-state index contributed by atoms with van der Waals surface area (Å²) in [5.74, 6) is 0.206. The van der Waals surface area contributed by atoms with Gasteiger partial charge in [-0.15, -0.1) is 0 Å². The van der Waals surface area contributed by atoms with Gasteiger partial charge in [0.1, 0.15) is 0 Å². The van der Waals surface area contributed by atoms with Crippen LogP contribution < -0.4 is 0 Å². The van der Waals surface area contributed by atoms with Crippen molar-refractivity contribution in [1.82, 2.24) is 0 Å². The fourth-order valence-electron chi connectivity index (χ4n) is 1.94. The number of carbonyl (C=O) groups excluding carboxylic acids is 1. The van der Waals surface area contributed by atoms with Gasteiger partial charge in [-0.25, -0.2) is 0 Å². The molecule has 0 radical (unpaired) electrons. The Kier molecular flexibility index (Phi) is 5.09. The molecule has 0 saturated carbocycles. The molecule has 0 aromatic heterocycles. The van der Waals surface area contributed by atoms with Gasteiger partial charge in [0.2, 0.25) is 7.28 Å². The van der Waals surface area contributed by atoms with E-state index in [0.717, 1.165) is 20.0 Å². The van der Waals surface area contributed by atoms with Crippen LogP contribution in [0.15, 0.2) is 0 Å². The lowest BCUT2D eigenvalue weighted by Crippen LogP contribution is -2.35. The summed E-state index contributed by atoms with van der Waals surface area (Å²) in [6, 6.07) is 0. The van der Waals surface area contributed by atoms with Crippen LogP contribution in [0.25, 0.3) is 0 Å². The zero-order valence-electron chi connectivity index (χ0n) is 11.6. The Labute approximate surface area is 96.3 Å². The standard InChI is InChI=1S/C13H27BO/c1-8-14-11(15)10(13(5,6)7)9-12(2,3)4/h10,14H,8-9H2,1-7H3. The van der Waals surface area contributed by atoms with Crippen LogP contribution in [0.2, 0.25) is 6.32 Å². The van der Waals surface area contributed by atoms with E-state index in [-0.39, 0.29) is 16.7 Å². The third kappa shape index (κ3) is 6.01. The van der Waals surface area contributed by atoms with Crippen molar-refractivity contribution in [3.05, 3.63) is 0 Å². The summed E-state index contributed by atoms with van der Waals surface area (Å²) in [4.78, 5) is 12.1. The number of carbonyl (C=O) groups is 1. The summed E-state index contributed by atoms with van der Waals surface area (Å²) in [6.45, 7) is 15.3. The molecule has 1 nitrogen and oxygen atoms in total. The van der Waals surface area contributed by atoms with Crippen LogP contribution in [0.4, 0.5) is 0 Å². The normalized spacial score (nSPS) is 14.9. The van der Waals surface area contributed by atoms with Crippen LogP contribution in [0, 0.1) is 16.7 Å². The van der Waals surface area contributed by atoms with Crippen LogP contribution in [0.3, 0.4) is 0 Å². The quantitative estimate of drug-likeness (QED) is 0.649. The van der Waals surface area contributed by atoms with E-state index in [1.54, 1.807) is 0 Å². The van der Waals surface area contributed by atoms with Gasteiger partial charge in [0.15, 0.2) is 0 Å². The number of hydrogen-bond acceptors (Lipinski definition) is 1. The summed E-state index contributed by atoms with van der Waals surface area (Å²) in [7, 11) is 0.734. The first-order chi connectivity index (χ1) is 6.58. The van der Waals surface area contributed by atoms with E-state index in [1.807, 2.05) is 0 Å². The molecule has 0 N–H and O–H groups in total. The van der Waals surface area contributed by atoms with E-state index in [4.69, 9.17) is 0 Å². The molecule has 0 aromatic carbocycles. The lowest BCUT2D eigenvalue weighted by atomic mass is 9.58. The first-order valence-electron chi connectivity index (χ1n) is 6.10. The molecule has 0 heterocycles. The zero-order valence-corrected chi connectivity index (χ0v) is 11.6. The molecule has 0 aliphatic rings. The van der Waals surface area contributed by atoms with Gasteiger partial charge in [0.05, 0.1) is 5.68 Å². The fourth-order valence-corrected chi connectivity index (χ4v) is 1.94. The van der Waals surface area contributed by atoms with E-state index in [1.165, 1.54) is 0 Å². The van der Waals surface area contributed by atoms with Crippen molar-refractivity contribution in [2.75, 3.05) is 0 Å². The molecule has 0 aliphatic heterocycles. The van der Waals surface area contributed by atoms with Gasteiger partial charge in [-0.05, 0) is 17.3 Å². The highest BCUT2D eigenvalue weighted by Crippen LogP contribution is 2.36. The third-order valence-corrected chi connectivity index (χ3v) is 2.75. The molecule has 0 saturated heterocycles. The molecular formula is C13H27BO. The Balaban J connectivity index is 4.68. The first kappa shape index (κ1) is 14.7. The second-order valence-corrected chi connectivity index (χ2v) is 6.90. The Morgan fingerprint density at radius 2 is 1.60 bits per heavy atom. The second-order valence-electron chi connectivity index (χ2n) is 6.90. The van der Waals surface area contributed by atoms with Crippen molar-refractivity contribution in [2.24, 2.45) is 16.7 Å². The number of hydrogen-bond donors (Lipinski definition) is 0. The largest absolute Gasteiger partial charge is 0.311 e. The summed E-state index contributed by atoms with van der Waals surface area (Å²) >= 11 is 0. The minimum Gasteiger partial charge on any atom is -0.311 e. The van der Waals surface area contributed by atoms with E-state index < -0.39 is 0 Å². The smallest absolute Gasteiger partial charge is 0.205 e.